The summed E-state index contributed by atoms with van der Waals surface area (Å²) in [6, 6.07) is 10.4. The highest BCUT2D eigenvalue weighted by atomic mass is 32.1. The fourth-order valence-electron chi connectivity index (χ4n) is 3.07. The van der Waals surface area contributed by atoms with Gasteiger partial charge in [0.25, 0.3) is 0 Å². The van der Waals surface area contributed by atoms with Gasteiger partial charge in [-0.05, 0) is 30.4 Å². The Morgan fingerprint density at radius 2 is 2.17 bits per heavy atom. The van der Waals surface area contributed by atoms with Gasteiger partial charge in [0.05, 0.1) is 11.6 Å². The molecule has 126 valence electrons. The number of carbonyl (C=O) groups excluding carboxylic acids is 1. The van der Waals surface area contributed by atoms with Crippen molar-refractivity contribution >= 4 is 23.0 Å². The SMILES string of the molecule is CC(=N)[C@@]1(NC(=O)[C@@H](N)Cc2sccc2F)CC1c1ccccc1. The Morgan fingerprint density at radius 3 is 2.75 bits per heavy atom. The molecule has 0 spiro atoms. The van der Waals surface area contributed by atoms with Gasteiger partial charge < -0.3 is 16.5 Å². The van der Waals surface area contributed by atoms with Crippen LogP contribution in [-0.4, -0.2) is 23.2 Å². The lowest BCUT2D eigenvalue weighted by molar-refractivity contribution is -0.122. The largest absolute Gasteiger partial charge is 0.343 e. The summed E-state index contributed by atoms with van der Waals surface area (Å²) in [5, 5.41) is 12.7. The maximum atomic E-state index is 13.5. The van der Waals surface area contributed by atoms with Crippen molar-refractivity contribution in [2.75, 3.05) is 0 Å². The van der Waals surface area contributed by atoms with E-state index in [1.165, 1.54) is 17.4 Å². The molecule has 3 rings (SSSR count). The van der Waals surface area contributed by atoms with Crippen LogP contribution in [0.1, 0.15) is 29.7 Å². The predicted molar refractivity (Wildman–Crippen MR) is 94.0 cm³/mol. The number of nitrogens with two attached hydrogens (primary N) is 1. The van der Waals surface area contributed by atoms with E-state index in [1.54, 1.807) is 12.3 Å². The lowest BCUT2D eigenvalue weighted by Gasteiger charge is -2.21. The normalized spacial score (nSPS) is 23.5. The van der Waals surface area contributed by atoms with Gasteiger partial charge in [-0.3, -0.25) is 4.79 Å². The maximum Gasteiger partial charge on any atom is 0.238 e. The minimum atomic E-state index is -0.827. The van der Waals surface area contributed by atoms with E-state index in [-0.39, 0.29) is 24.1 Å². The summed E-state index contributed by atoms with van der Waals surface area (Å²) in [6.07, 6.45) is 0.858. The first kappa shape index (κ1) is 16.8. The molecule has 1 aliphatic rings. The summed E-state index contributed by atoms with van der Waals surface area (Å²) in [7, 11) is 0. The zero-order valence-electron chi connectivity index (χ0n) is 13.4. The number of thiophene rings is 1. The highest BCUT2D eigenvalue weighted by Gasteiger charge is 2.57. The summed E-state index contributed by atoms with van der Waals surface area (Å²) in [5.41, 5.74) is 6.81. The summed E-state index contributed by atoms with van der Waals surface area (Å²) in [4.78, 5) is 12.9. The third-order valence-electron chi connectivity index (χ3n) is 4.61. The first-order valence-electron chi connectivity index (χ1n) is 7.84. The fraction of sp³-hybridized carbons (Fsp3) is 0.333. The van der Waals surface area contributed by atoms with Gasteiger partial charge in [-0.15, -0.1) is 11.3 Å². The van der Waals surface area contributed by atoms with Crippen LogP contribution in [0.15, 0.2) is 41.8 Å². The molecule has 4 N–H and O–H groups in total. The smallest absolute Gasteiger partial charge is 0.238 e. The lowest BCUT2D eigenvalue weighted by atomic mass is 10.0. The maximum absolute atomic E-state index is 13.5. The Balaban J connectivity index is 1.70. The van der Waals surface area contributed by atoms with Gasteiger partial charge in [-0.1, -0.05) is 30.3 Å². The average Bonchev–Trinajstić information content (AvgIpc) is 3.17. The molecule has 24 heavy (non-hydrogen) atoms. The zero-order valence-corrected chi connectivity index (χ0v) is 14.2. The molecule has 1 aromatic heterocycles. The molecular formula is C18H20FN3OS. The van der Waals surface area contributed by atoms with Crippen molar-refractivity contribution in [3.63, 3.8) is 0 Å². The molecule has 1 amide bonds. The number of hydrogen-bond donors (Lipinski definition) is 3. The van der Waals surface area contributed by atoms with E-state index >= 15 is 0 Å². The summed E-state index contributed by atoms with van der Waals surface area (Å²) < 4.78 is 13.5. The second-order valence-electron chi connectivity index (χ2n) is 6.26. The first-order valence-corrected chi connectivity index (χ1v) is 8.72. The van der Waals surface area contributed by atoms with Crippen LogP contribution in [0.25, 0.3) is 0 Å². The van der Waals surface area contributed by atoms with Crippen LogP contribution in [0.3, 0.4) is 0 Å². The van der Waals surface area contributed by atoms with Crippen LogP contribution in [0.4, 0.5) is 4.39 Å². The molecular weight excluding hydrogens is 325 g/mol. The minimum Gasteiger partial charge on any atom is -0.343 e. The van der Waals surface area contributed by atoms with Gasteiger partial charge in [0.2, 0.25) is 5.91 Å². The van der Waals surface area contributed by atoms with Crippen molar-refractivity contribution in [2.45, 2.75) is 37.3 Å². The molecule has 1 aliphatic carbocycles. The summed E-state index contributed by atoms with van der Waals surface area (Å²) in [6.45, 7) is 1.70. The van der Waals surface area contributed by atoms with Gasteiger partial charge in [0.15, 0.2) is 0 Å². The van der Waals surface area contributed by atoms with Gasteiger partial charge in [0, 0.05) is 22.9 Å². The highest BCUT2D eigenvalue weighted by Crippen LogP contribution is 2.52. The molecule has 0 radical (unpaired) electrons. The Hall–Kier alpha value is -2.05. The van der Waals surface area contributed by atoms with Crippen LogP contribution in [0, 0.1) is 11.2 Å². The summed E-state index contributed by atoms with van der Waals surface area (Å²) in [5.74, 6) is -0.576. The lowest BCUT2D eigenvalue weighted by Crippen LogP contribution is -2.51. The second-order valence-corrected chi connectivity index (χ2v) is 7.26. The Kier molecular flexibility index (Phi) is 4.51. The van der Waals surface area contributed by atoms with Gasteiger partial charge in [-0.25, -0.2) is 4.39 Å². The van der Waals surface area contributed by atoms with Crippen molar-refractivity contribution < 1.29 is 9.18 Å². The minimum absolute atomic E-state index is 0.0887. The number of hydrogen-bond acceptors (Lipinski definition) is 4. The van der Waals surface area contributed by atoms with E-state index in [4.69, 9.17) is 11.1 Å². The molecule has 0 bridgehead atoms. The van der Waals surface area contributed by atoms with Crippen molar-refractivity contribution in [1.82, 2.24) is 5.32 Å². The van der Waals surface area contributed by atoms with Crippen LogP contribution in [0.5, 0.6) is 0 Å². The monoisotopic (exact) mass is 345 g/mol. The van der Waals surface area contributed by atoms with Crippen molar-refractivity contribution in [1.29, 1.82) is 5.41 Å². The highest BCUT2D eigenvalue weighted by molar-refractivity contribution is 7.09. The summed E-state index contributed by atoms with van der Waals surface area (Å²) >= 11 is 1.26. The zero-order chi connectivity index (χ0) is 17.3. The van der Waals surface area contributed by atoms with E-state index < -0.39 is 11.6 Å². The average molecular weight is 345 g/mol. The molecule has 1 unspecified atom stereocenters. The molecule has 0 aliphatic heterocycles. The second kappa shape index (κ2) is 6.45. The first-order chi connectivity index (χ1) is 11.4. The van der Waals surface area contributed by atoms with Gasteiger partial charge in [-0.2, -0.15) is 0 Å². The van der Waals surface area contributed by atoms with Crippen LogP contribution >= 0.6 is 11.3 Å². The van der Waals surface area contributed by atoms with Crippen molar-refractivity contribution in [3.8, 4) is 0 Å². The molecule has 3 atom stereocenters. The van der Waals surface area contributed by atoms with E-state index in [0.29, 0.717) is 17.0 Å². The van der Waals surface area contributed by atoms with E-state index in [9.17, 15) is 9.18 Å². The van der Waals surface area contributed by atoms with E-state index in [1.807, 2.05) is 30.3 Å². The molecule has 1 heterocycles. The molecule has 1 saturated carbocycles. The molecule has 0 saturated heterocycles. The number of rotatable bonds is 6. The van der Waals surface area contributed by atoms with Crippen LogP contribution in [0.2, 0.25) is 0 Å². The fourth-order valence-corrected chi connectivity index (χ4v) is 3.88. The molecule has 1 fully saturated rings. The number of amides is 1. The molecule has 4 nitrogen and oxygen atoms in total. The number of halogens is 1. The van der Waals surface area contributed by atoms with E-state index in [0.717, 1.165) is 5.56 Å². The number of benzene rings is 1. The van der Waals surface area contributed by atoms with Crippen molar-refractivity contribution in [3.05, 3.63) is 58.0 Å². The molecule has 6 heteroatoms. The Labute approximate surface area is 144 Å². The molecule has 1 aromatic carbocycles. The Morgan fingerprint density at radius 1 is 1.46 bits per heavy atom. The van der Waals surface area contributed by atoms with Crippen LogP contribution in [-0.2, 0) is 11.2 Å². The van der Waals surface area contributed by atoms with E-state index in [2.05, 4.69) is 5.32 Å². The quantitative estimate of drug-likeness (QED) is 0.704. The third kappa shape index (κ3) is 3.12. The van der Waals surface area contributed by atoms with Crippen molar-refractivity contribution in [2.24, 2.45) is 5.73 Å². The topological polar surface area (TPSA) is 79.0 Å². The number of carbonyl (C=O) groups is 1. The van der Waals surface area contributed by atoms with Crippen LogP contribution < -0.4 is 11.1 Å². The number of nitrogens with one attached hydrogen (secondary N) is 2. The standard InChI is InChI=1S/C18H20FN3OS/c1-11(20)18(10-13(18)12-5-3-2-4-6-12)22-17(23)15(21)9-16-14(19)7-8-24-16/h2-8,13,15,20H,9-10,21H2,1H3,(H,22,23)/t13?,15-,18-/m0/s1. The Bertz CT molecular complexity index is 761. The van der Waals surface area contributed by atoms with Gasteiger partial charge in [0.1, 0.15) is 5.82 Å². The van der Waals surface area contributed by atoms with Gasteiger partial charge >= 0.3 is 0 Å². The molecule has 2 aromatic rings. The predicted octanol–water partition coefficient (Wildman–Crippen LogP) is 2.84. The third-order valence-corrected chi connectivity index (χ3v) is 5.53.